The molecule has 3 nitrogen and oxygen atoms in total. The van der Waals surface area contributed by atoms with E-state index in [-0.39, 0.29) is 17.3 Å². The van der Waals surface area contributed by atoms with E-state index >= 15 is 0 Å². The molecule has 0 amide bonds. The van der Waals surface area contributed by atoms with E-state index in [1.165, 1.54) is 24.3 Å². The van der Waals surface area contributed by atoms with Gasteiger partial charge in [0.1, 0.15) is 5.75 Å². The third-order valence-electron chi connectivity index (χ3n) is 2.17. The molecule has 0 saturated heterocycles. The first-order valence-electron chi connectivity index (χ1n) is 5.81. The third-order valence-corrected chi connectivity index (χ3v) is 4.85. The minimum absolute atomic E-state index is 0.131. The Kier molecular flexibility index (Phi) is 6.64. The van der Waals surface area contributed by atoms with Gasteiger partial charge in [-0.3, -0.25) is 4.52 Å². The second kappa shape index (κ2) is 7.44. The van der Waals surface area contributed by atoms with Crippen LogP contribution in [0.2, 0.25) is 0 Å². The third kappa shape index (κ3) is 6.00. The summed E-state index contributed by atoms with van der Waals surface area (Å²) in [6, 6.07) is 5.16. The lowest BCUT2D eigenvalue weighted by Crippen LogP contribution is -2.38. The zero-order chi connectivity index (χ0) is 17.0. The van der Waals surface area contributed by atoms with Gasteiger partial charge in [-0.1, -0.05) is 0 Å². The zero-order valence-electron chi connectivity index (χ0n) is 11.1. The summed E-state index contributed by atoms with van der Waals surface area (Å²) in [6.45, 7) is -1.68. The van der Waals surface area contributed by atoms with Crippen LogP contribution in [-0.2, 0) is 16.3 Å². The number of halogens is 5. The summed E-state index contributed by atoms with van der Waals surface area (Å²) < 4.78 is 71.5. The number of rotatable bonds is 7. The van der Waals surface area contributed by atoms with Crippen molar-refractivity contribution in [2.75, 3.05) is 12.4 Å². The van der Waals surface area contributed by atoms with E-state index in [1.807, 2.05) is 0 Å². The van der Waals surface area contributed by atoms with E-state index in [9.17, 15) is 26.8 Å². The maximum absolute atomic E-state index is 12.8. The number of hydrogen-bond acceptors (Lipinski definition) is 4. The van der Waals surface area contributed by atoms with Crippen LogP contribution in [0.4, 0.5) is 22.0 Å². The molecular weight excluding hydrogens is 370 g/mol. The van der Waals surface area contributed by atoms with Crippen LogP contribution in [-0.4, -0.2) is 29.4 Å². The van der Waals surface area contributed by atoms with Crippen molar-refractivity contribution in [3.8, 4) is 5.75 Å². The van der Waals surface area contributed by atoms with Crippen LogP contribution >= 0.6 is 18.5 Å². The molecule has 1 atom stereocenters. The van der Waals surface area contributed by atoms with Crippen molar-refractivity contribution in [3.63, 3.8) is 0 Å². The molecule has 0 saturated carbocycles. The average Bonchev–Trinajstić information content (AvgIpc) is 2.36. The van der Waals surface area contributed by atoms with Gasteiger partial charge in [0.25, 0.3) is 0 Å². The maximum Gasteiger partial charge on any atom is 0.454 e. The molecule has 126 valence electrons. The van der Waals surface area contributed by atoms with Gasteiger partial charge in [-0.05, 0) is 31.2 Å². The highest BCUT2D eigenvalue weighted by Crippen LogP contribution is 2.44. The summed E-state index contributed by atoms with van der Waals surface area (Å²) in [7, 11) is 0. The largest absolute Gasteiger partial charge is 0.454 e. The van der Waals surface area contributed by atoms with Crippen molar-refractivity contribution in [1.82, 2.24) is 0 Å². The maximum atomic E-state index is 12.8. The molecule has 11 heteroatoms. The van der Waals surface area contributed by atoms with Crippen LogP contribution in [0.5, 0.6) is 5.75 Å². The van der Waals surface area contributed by atoms with Gasteiger partial charge in [-0.2, -0.15) is 22.0 Å². The van der Waals surface area contributed by atoms with Crippen molar-refractivity contribution in [1.29, 1.82) is 0 Å². The van der Waals surface area contributed by atoms with Crippen LogP contribution in [0, 0.1) is 0 Å². The predicted octanol–water partition coefficient (Wildman–Crippen LogP) is 4.61. The lowest BCUT2D eigenvalue weighted by atomic mass is 10.3. The summed E-state index contributed by atoms with van der Waals surface area (Å²) in [5.74, 6) is -6.06. The van der Waals surface area contributed by atoms with Crippen molar-refractivity contribution in [2.45, 2.75) is 23.9 Å². The van der Waals surface area contributed by atoms with Crippen LogP contribution < -0.4 is 4.52 Å². The Labute approximate surface area is 133 Å². The van der Waals surface area contributed by atoms with E-state index in [0.29, 0.717) is 11.8 Å². The number of benzene rings is 1. The highest BCUT2D eigenvalue weighted by atomic mass is 32.5. The predicted molar refractivity (Wildman–Crippen MR) is 76.9 cm³/mol. The quantitative estimate of drug-likeness (QED) is 0.424. The van der Waals surface area contributed by atoms with Gasteiger partial charge in [0, 0.05) is 16.7 Å². The molecule has 0 aliphatic heterocycles. The van der Waals surface area contributed by atoms with Crippen molar-refractivity contribution in [2.24, 2.45) is 0 Å². The molecule has 0 radical (unpaired) electrons. The highest BCUT2D eigenvalue weighted by Gasteiger charge is 2.57. The first-order chi connectivity index (χ1) is 9.97. The second-order valence-corrected chi connectivity index (χ2v) is 7.75. The van der Waals surface area contributed by atoms with Crippen LogP contribution in [0.3, 0.4) is 0 Å². The zero-order valence-corrected chi connectivity index (χ0v) is 13.7. The van der Waals surface area contributed by atoms with Gasteiger partial charge >= 0.3 is 18.8 Å². The highest BCUT2D eigenvalue weighted by molar-refractivity contribution is 8.07. The Morgan fingerprint density at radius 2 is 1.73 bits per heavy atom. The fraction of sp³-hybridized carbons (Fsp3) is 0.455. The molecule has 0 bridgehead atoms. The fourth-order valence-corrected chi connectivity index (χ4v) is 3.36. The molecule has 1 N–H and O–H groups in total. The minimum atomic E-state index is -5.58. The molecule has 0 aliphatic rings. The molecule has 0 spiro atoms. The van der Waals surface area contributed by atoms with Crippen LogP contribution in [0.15, 0.2) is 29.2 Å². The molecule has 0 aliphatic carbocycles. The van der Waals surface area contributed by atoms with Crippen molar-refractivity contribution >= 4 is 30.3 Å². The molecule has 0 fully saturated rings. The lowest BCUT2D eigenvalue weighted by molar-refractivity contribution is -0.271. The topological polar surface area (TPSA) is 38.7 Å². The van der Waals surface area contributed by atoms with Gasteiger partial charge in [-0.15, -0.1) is 11.8 Å². The fourth-order valence-electron chi connectivity index (χ4n) is 1.18. The summed E-state index contributed by atoms with van der Waals surface area (Å²) in [5, 5.41) is 0. The molecular formula is C11H12F5O3PS2. The number of thioether (sulfide) groups is 1. The molecule has 0 aromatic heterocycles. The molecule has 1 aromatic rings. The van der Waals surface area contributed by atoms with E-state index < -0.39 is 24.6 Å². The Hall–Kier alpha value is -0.410. The van der Waals surface area contributed by atoms with E-state index in [4.69, 9.17) is 20.9 Å². The van der Waals surface area contributed by atoms with E-state index in [2.05, 4.69) is 0 Å². The van der Waals surface area contributed by atoms with E-state index in [1.54, 1.807) is 6.92 Å². The Bertz CT molecular complexity index is 536. The van der Waals surface area contributed by atoms with Gasteiger partial charge < -0.3 is 9.42 Å². The normalized spacial score (nSPS) is 15.4. The Morgan fingerprint density at radius 1 is 1.18 bits per heavy atom. The average molecular weight is 382 g/mol. The van der Waals surface area contributed by atoms with Gasteiger partial charge in [0.2, 0.25) is 0 Å². The molecule has 1 aromatic carbocycles. The van der Waals surface area contributed by atoms with Gasteiger partial charge in [-0.25, -0.2) is 0 Å². The van der Waals surface area contributed by atoms with Crippen LogP contribution in [0.25, 0.3) is 0 Å². The summed E-state index contributed by atoms with van der Waals surface area (Å²) in [5.41, 5.74) is 0. The van der Waals surface area contributed by atoms with Gasteiger partial charge in [0.05, 0.1) is 12.4 Å². The molecule has 22 heavy (non-hydrogen) atoms. The monoisotopic (exact) mass is 382 g/mol. The smallest absolute Gasteiger partial charge is 0.424 e. The number of hydrogen-bond donors (Lipinski definition) is 1. The summed E-state index contributed by atoms with van der Waals surface area (Å²) in [4.78, 5) is 9.78. The molecule has 0 heterocycles. The Morgan fingerprint density at radius 3 is 2.18 bits per heavy atom. The lowest BCUT2D eigenvalue weighted by Gasteiger charge is -2.19. The molecule has 1 rings (SSSR count). The van der Waals surface area contributed by atoms with Crippen LogP contribution in [0.1, 0.15) is 6.92 Å². The summed E-state index contributed by atoms with van der Waals surface area (Å²) in [6.07, 6.45) is -5.58. The SMILES string of the molecule is CCOP(O)(=S)Oc1ccc(SCC(F)(F)C(F)(F)F)cc1. The second-order valence-electron chi connectivity index (χ2n) is 3.94. The van der Waals surface area contributed by atoms with E-state index in [0.717, 1.165) is 0 Å². The number of alkyl halides is 5. The molecule has 1 unspecified atom stereocenters. The summed E-state index contributed by atoms with van der Waals surface area (Å²) >= 11 is 5.05. The standard InChI is InChI=1S/C11H12F5O3PS2/c1-2-18-20(17,21)19-8-3-5-9(6-4-8)22-7-10(12,13)11(14,15)16/h3-6H,2,7H2,1H3,(H,17,21). The Balaban J connectivity index is 2.65. The first kappa shape index (κ1) is 19.6. The first-order valence-corrected chi connectivity index (χ1v) is 9.39. The van der Waals surface area contributed by atoms with Gasteiger partial charge in [0.15, 0.2) is 0 Å². The minimum Gasteiger partial charge on any atom is -0.424 e. The van der Waals surface area contributed by atoms with Crippen molar-refractivity contribution < 1.29 is 35.9 Å². The van der Waals surface area contributed by atoms with Crippen molar-refractivity contribution in [3.05, 3.63) is 24.3 Å².